The molecule has 0 heterocycles. The van der Waals surface area contributed by atoms with Gasteiger partial charge in [-0.3, -0.25) is 0 Å². The van der Waals surface area contributed by atoms with E-state index >= 15 is 0 Å². The molecule has 0 fully saturated rings. The Bertz CT molecular complexity index is 88.9. The highest BCUT2D eigenvalue weighted by Gasteiger charge is 2.14. The van der Waals surface area contributed by atoms with Gasteiger partial charge >= 0.3 is 8.03 Å². The molecule has 1 N–H and O–H groups in total. The Labute approximate surface area is 66.2 Å². The van der Waals surface area contributed by atoms with Gasteiger partial charge in [0.15, 0.2) is 6.16 Å². The molecule has 1 unspecified atom stereocenters. The van der Waals surface area contributed by atoms with Gasteiger partial charge in [-0.15, -0.1) is 16.1 Å². The van der Waals surface area contributed by atoms with E-state index in [1.807, 2.05) is 0 Å². The zero-order valence-electron chi connectivity index (χ0n) is 5.62. The summed E-state index contributed by atoms with van der Waals surface area (Å²) >= 11 is 5.28. The SMILES string of the molecule is O=[P+](CCCO)OCCCl. The molecule has 10 heavy (non-hydrogen) atoms. The Balaban J connectivity index is 3.09. The summed E-state index contributed by atoms with van der Waals surface area (Å²) in [6.07, 6.45) is 0.945. The van der Waals surface area contributed by atoms with Crippen molar-refractivity contribution in [2.75, 3.05) is 25.3 Å². The van der Waals surface area contributed by atoms with Gasteiger partial charge in [0.25, 0.3) is 0 Å². The Kier molecular flexibility index (Phi) is 7.65. The van der Waals surface area contributed by atoms with E-state index in [0.29, 0.717) is 25.1 Å². The van der Waals surface area contributed by atoms with Gasteiger partial charge in [-0.1, -0.05) is 0 Å². The van der Waals surface area contributed by atoms with Crippen LogP contribution in [0.2, 0.25) is 0 Å². The topological polar surface area (TPSA) is 46.5 Å². The quantitative estimate of drug-likeness (QED) is 0.502. The van der Waals surface area contributed by atoms with Crippen LogP contribution in [0.25, 0.3) is 0 Å². The van der Waals surface area contributed by atoms with Gasteiger partial charge in [0.2, 0.25) is 0 Å². The maximum Gasteiger partial charge on any atom is 0.508 e. The van der Waals surface area contributed by atoms with Gasteiger partial charge in [0, 0.05) is 13.0 Å². The third-order valence-electron chi connectivity index (χ3n) is 0.811. The fraction of sp³-hybridized carbons (Fsp3) is 1.00. The van der Waals surface area contributed by atoms with Gasteiger partial charge in [-0.2, -0.15) is 0 Å². The van der Waals surface area contributed by atoms with Crippen LogP contribution >= 0.6 is 19.6 Å². The molecule has 0 rings (SSSR count). The lowest BCUT2D eigenvalue weighted by atomic mass is 10.5. The van der Waals surface area contributed by atoms with Crippen LogP contribution in [0.1, 0.15) is 6.42 Å². The average Bonchev–Trinajstić information content (AvgIpc) is 1.97. The van der Waals surface area contributed by atoms with E-state index in [1.54, 1.807) is 0 Å². The number of aliphatic hydroxyl groups is 1. The molecule has 0 aliphatic rings. The van der Waals surface area contributed by atoms with Crippen LogP contribution in [0.5, 0.6) is 0 Å². The molecule has 0 aromatic rings. The predicted octanol–water partition coefficient (Wildman–Crippen LogP) is 1.37. The minimum absolute atomic E-state index is 0.0608. The first kappa shape index (κ1) is 10.3. The second-order valence-electron chi connectivity index (χ2n) is 1.66. The molecule has 0 saturated heterocycles. The van der Waals surface area contributed by atoms with Crippen molar-refractivity contribution in [2.45, 2.75) is 6.42 Å². The lowest BCUT2D eigenvalue weighted by Gasteiger charge is -1.85. The summed E-state index contributed by atoms with van der Waals surface area (Å²) in [6.45, 7) is 0.382. The number of alkyl halides is 1. The van der Waals surface area contributed by atoms with E-state index in [-0.39, 0.29) is 6.61 Å². The molecular weight excluding hydrogens is 174 g/mol. The van der Waals surface area contributed by atoms with Crippen molar-refractivity contribution >= 4 is 19.6 Å². The zero-order valence-corrected chi connectivity index (χ0v) is 7.27. The summed E-state index contributed by atoms with van der Waals surface area (Å²) in [6, 6.07) is 0. The highest BCUT2D eigenvalue weighted by molar-refractivity contribution is 7.39. The van der Waals surface area contributed by atoms with E-state index in [4.69, 9.17) is 21.2 Å². The Morgan fingerprint density at radius 3 is 2.80 bits per heavy atom. The fourth-order valence-electron chi connectivity index (χ4n) is 0.401. The summed E-state index contributed by atoms with van der Waals surface area (Å²) in [5, 5.41) is 8.33. The Morgan fingerprint density at radius 2 is 2.30 bits per heavy atom. The maximum atomic E-state index is 10.7. The summed E-state index contributed by atoms with van der Waals surface area (Å²) in [5.41, 5.74) is 0. The largest absolute Gasteiger partial charge is 0.508 e. The molecule has 0 amide bonds. The van der Waals surface area contributed by atoms with Crippen molar-refractivity contribution in [3.63, 3.8) is 0 Å². The minimum atomic E-state index is -1.59. The summed E-state index contributed by atoms with van der Waals surface area (Å²) < 4.78 is 15.5. The number of aliphatic hydroxyl groups excluding tert-OH is 1. The molecule has 3 nitrogen and oxygen atoms in total. The summed E-state index contributed by atoms with van der Waals surface area (Å²) in [4.78, 5) is 0. The van der Waals surface area contributed by atoms with E-state index < -0.39 is 8.03 Å². The van der Waals surface area contributed by atoms with Crippen LogP contribution in [0.3, 0.4) is 0 Å². The Hall–Kier alpha value is 0.310. The first-order valence-corrected chi connectivity index (χ1v) is 4.95. The summed E-state index contributed by atoms with van der Waals surface area (Å²) in [5.74, 6) is 0.361. The van der Waals surface area contributed by atoms with Gasteiger partial charge in [0.1, 0.15) is 6.61 Å². The van der Waals surface area contributed by atoms with Gasteiger partial charge in [0.05, 0.1) is 5.88 Å². The van der Waals surface area contributed by atoms with Crippen LogP contribution in [0, 0.1) is 0 Å². The first-order chi connectivity index (χ1) is 4.81. The minimum Gasteiger partial charge on any atom is -0.396 e. The van der Waals surface area contributed by atoms with Crippen LogP contribution in [-0.4, -0.2) is 30.4 Å². The molecule has 0 aromatic heterocycles. The van der Waals surface area contributed by atoms with E-state index in [1.165, 1.54) is 0 Å². The van der Waals surface area contributed by atoms with E-state index in [2.05, 4.69) is 0 Å². The van der Waals surface area contributed by atoms with Gasteiger partial charge in [-0.25, -0.2) is 0 Å². The Morgan fingerprint density at radius 1 is 1.60 bits per heavy atom. The molecule has 1 atom stereocenters. The second-order valence-corrected chi connectivity index (χ2v) is 3.40. The monoisotopic (exact) mass is 185 g/mol. The molecular formula is C5H11ClO3P+. The lowest BCUT2D eigenvalue weighted by molar-refractivity contribution is 0.291. The smallest absolute Gasteiger partial charge is 0.396 e. The van der Waals surface area contributed by atoms with Crippen LogP contribution in [0.4, 0.5) is 0 Å². The lowest BCUT2D eigenvalue weighted by Crippen LogP contribution is -1.91. The normalized spacial score (nSPS) is 11.6. The fourth-order valence-corrected chi connectivity index (χ4v) is 1.41. The van der Waals surface area contributed by atoms with Gasteiger partial charge < -0.3 is 5.11 Å². The van der Waals surface area contributed by atoms with Crippen molar-refractivity contribution in [1.29, 1.82) is 0 Å². The highest BCUT2D eigenvalue weighted by Crippen LogP contribution is 2.22. The molecule has 0 bridgehead atoms. The van der Waals surface area contributed by atoms with E-state index in [9.17, 15) is 4.57 Å². The first-order valence-electron chi connectivity index (χ1n) is 3.05. The van der Waals surface area contributed by atoms with Crippen LogP contribution in [0.15, 0.2) is 0 Å². The van der Waals surface area contributed by atoms with Crippen LogP contribution < -0.4 is 0 Å². The van der Waals surface area contributed by atoms with Crippen molar-refractivity contribution in [3.05, 3.63) is 0 Å². The maximum absolute atomic E-state index is 10.7. The molecule has 0 aliphatic carbocycles. The molecule has 0 aliphatic heterocycles. The molecule has 0 saturated carbocycles. The third-order valence-corrected chi connectivity index (χ3v) is 2.12. The van der Waals surface area contributed by atoms with Gasteiger partial charge in [-0.05, 0) is 4.57 Å². The molecule has 0 aromatic carbocycles. The van der Waals surface area contributed by atoms with Crippen molar-refractivity contribution in [2.24, 2.45) is 0 Å². The number of halogens is 1. The second kappa shape index (κ2) is 7.42. The number of rotatable bonds is 6. The van der Waals surface area contributed by atoms with Crippen molar-refractivity contribution in [1.82, 2.24) is 0 Å². The van der Waals surface area contributed by atoms with Crippen molar-refractivity contribution in [3.8, 4) is 0 Å². The molecule has 0 radical (unpaired) electrons. The third kappa shape index (κ3) is 6.43. The average molecular weight is 186 g/mol. The van der Waals surface area contributed by atoms with Crippen molar-refractivity contribution < 1.29 is 14.2 Å². The molecule has 60 valence electrons. The predicted molar refractivity (Wildman–Crippen MR) is 40.8 cm³/mol. The summed E-state index contributed by atoms with van der Waals surface area (Å²) in [7, 11) is -1.59. The van der Waals surface area contributed by atoms with Crippen LogP contribution in [-0.2, 0) is 9.09 Å². The number of hydrogen-bond acceptors (Lipinski definition) is 3. The molecule has 0 spiro atoms. The molecule has 5 heteroatoms. The highest BCUT2D eigenvalue weighted by atomic mass is 35.5. The number of hydrogen-bond donors (Lipinski definition) is 1. The van der Waals surface area contributed by atoms with E-state index in [0.717, 1.165) is 0 Å². The standard InChI is InChI=1S/C5H11ClO3P/c6-2-4-9-10(8)5-1-3-7/h7H,1-5H2/q+1. The zero-order chi connectivity index (χ0) is 7.82.